The smallest absolute Gasteiger partial charge is 0.163 e. The van der Waals surface area contributed by atoms with Gasteiger partial charge in [-0.05, 0) is 13.3 Å². The van der Waals surface area contributed by atoms with Crippen molar-refractivity contribution < 1.29 is 8.42 Å². The molecule has 0 rings (SSSR count). The van der Waals surface area contributed by atoms with Crippen LogP contribution in [0.15, 0.2) is 0 Å². The molecule has 0 bridgehead atoms. The summed E-state index contributed by atoms with van der Waals surface area (Å²) < 4.78 is 20.7. The van der Waals surface area contributed by atoms with Crippen LogP contribution in [-0.4, -0.2) is 28.0 Å². The van der Waals surface area contributed by atoms with Gasteiger partial charge in [0.05, 0.1) is 0 Å². The highest BCUT2D eigenvalue weighted by atomic mass is 32.8. The maximum absolute atomic E-state index is 10.4. The van der Waals surface area contributed by atoms with E-state index >= 15 is 0 Å². The topological polar surface area (TPSA) is 34.1 Å². The molecular weight excluding hydrogens is 131 g/mol. The maximum atomic E-state index is 10.4. The summed E-state index contributed by atoms with van der Waals surface area (Å²) in [4.78, 5) is 0. The van der Waals surface area contributed by atoms with Crippen molar-refractivity contribution in [3.63, 3.8) is 0 Å². The van der Waals surface area contributed by atoms with Crippen LogP contribution in [0.1, 0.15) is 0 Å². The second-order valence-corrected chi connectivity index (χ2v) is 8.82. The van der Waals surface area contributed by atoms with Gasteiger partial charge >= 0.3 is 0 Å². The van der Waals surface area contributed by atoms with Gasteiger partial charge in [-0.25, -0.2) is 8.42 Å². The SMILES string of the molecule is CP(C)S(C)(=O)=O. The van der Waals surface area contributed by atoms with Crippen molar-refractivity contribution in [2.45, 2.75) is 0 Å². The summed E-state index contributed by atoms with van der Waals surface area (Å²) in [6, 6.07) is 0. The van der Waals surface area contributed by atoms with E-state index in [4.69, 9.17) is 0 Å². The average molecular weight is 140 g/mol. The van der Waals surface area contributed by atoms with E-state index < -0.39 is 16.6 Å². The van der Waals surface area contributed by atoms with E-state index in [0.29, 0.717) is 0 Å². The standard InChI is InChI=1S/C3H9O2PS/c1-6(2)7(3,4)5/h1-3H3. The summed E-state index contributed by atoms with van der Waals surface area (Å²) in [6.45, 7) is 3.45. The third-order valence-electron chi connectivity index (χ3n) is 0.663. The Morgan fingerprint density at radius 3 is 1.43 bits per heavy atom. The molecule has 0 aromatic rings. The molecule has 7 heavy (non-hydrogen) atoms. The molecule has 0 amide bonds. The molecule has 0 spiro atoms. The van der Waals surface area contributed by atoms with Crippen molar-refractivity contribution in [2.75, 3.05) is 19.6 Å². The first kappa shape index (κ1) is 7.38. The van der Waals surface area contributed by atoms with Gasteiger partial charge in [-0.3, -0.25) is 0 Å². The lowest BCUT2D eigenvalue weighted by molar-refractivity contribution is 0.615. The fourth-order valence-electron chi connectivity index (χ4n) is 0. The van der Waals surface area contributed by atoms with Crippen LogP contribution in [0, 0.1) is 0 Å². The molecule has 0 aliphatic heterocycles. The van der Waals surface area contributed by atoms with Gasteiger partial charge in [-0.15, -0.1) is 0 Å². The summed E-state index contributed by atoms with van der Waals surface area (Å²) in [6.07, 6.45) is 1.26. The van der Waals surface area contributed by atoms with Crippen LogP contribution in [0.2, 0.25) is 0 Å². The first-order valence-corrected chi connectivity index (χ1v) is 6.55. The normalized spacial score (nSPS) is 12.6. The van der Waals surface area contributed by atoms with Crippen LogP contribution in [-0.2, 0) is 9.46 Å². The summed E-state index contributed by atoms with van der Waals surface area (Å²) in [7, 11) is -3.45. The summed E-state index contributed by atoms with van der Waals surface area (Å²) in [5.74, 6) is 0. The average Bonchev–Trinajstić information content (AvgIpc) is 1.31. The van der Waals surface area contributed by atoms with Crippen molar-refractivity contribution >= 4 is 16.6 Å². The van der Waals surface area contributed by atoms with Crippen LogP contribution in [0.4, 0.5) is 0 Å². The molecule has 0 radical (unpaired) electrons. The van der Waals surface area contributed by atoms with E-state index in [1.807, 2.05) is 0 Å². The highest BCUT2D eigenvalue weighted by Gasteiger charge is 2.05. The molecule has 0 aromatic heterocycles. The Morgan fingerprint density at radius 1 is 1.29 bits per heavy atom. The molecule has 0 heterocycles. The van der Waals surface area contributed by atoms with Crippen molar-refractivity contribution in [1.82, 2.24) is 0 Å². The third kappa shape index (κ3) is 3.01. The van der Waals surface area contributed by atoms with Gasteiger partial charge in [0.15, 0.2) is 9.46 Å². The molecule has 0 fully saturated rings. The molecule has 0 saturated carbocycles. The Balaban J connectivity index is 4.10. The lowest BCUT2D eigenvalue weighted by atomic mass is 11.9. The van der Waals surface area contributed by atoms with Crippen molar-refractivity contribution in [3.05, 3.63) is 0 Å². The van der Waals surface area contributed by atoms with E-state index in [-0.39, 0.29) is 0 Å². The van der Waals surface area contributed by atoms with Gasteiger partial charge in [0.2, 0.25) is 0 Å². The lowest BCUT2D eigenvalue weighted by Gasteiger charge is -1.97. The summed E-state index contributed by atoms with van der Waals surface area (Å²) in [5, 5.41) is 0. The minimum Gasteiger partial charge on any atom is -0.225 e. The summed E-state index contributed by atoms with van der Waals surface area (Å²) >= 11 is 0. The second-order valence-electron chi connectivity index (χ2n) is 1.55. The van der Waals surface area contributed by atoms with E-state index in [2.05, 4.69) is 0 Å². The quantitative estimate of drug-likeness (QED) is 0.502. The molecule has 2 nitrogen and oxygen atoms in total. The van der Waals surface area contributed by atoms with Crippen LogP contribution in [0.5, 0.6) is 0 Å². The van der Waals surface area contributed by atoms with Gasteiger partial charge < -0.3 is 0 Å². The lowest BCUT2D eigenvalue weighted by Crippen LogP contribution is -1.88. The Morgan fingerprint density at radius 2 is 1.43 bits per heavy atom. The highest BCUT2D eigenvalue weighted by Crippen LogP contribution is 2.31. The first-order chi connectivity index (χ1) is 2.94. The molecule has 44 valence electrons. The minimum atomic E-state index is -2.68. The molecule has 0 aromatic carbocycles. The molecule has 4 heteroatoms. The Hall–Kier alpha value is 0.380. The van der Waals surface area contributed by atoms with Gasteiger partial charge in [0.1, 0.15) is 0 Å². The predicted molar refractivity (Wildman–Crippen MR) is 33.6 cm³/mol. The van der Waals surface area contributed by atoms with E-state index in [9.17, 15) is 8.42 Å². The van der Waals surface area contributed by atoms with Crippen molar-refractivity contribution in [1.29, 1.82) is 0 Å². The van der Waals surface area contributed by atoms with Gasteiger partial charge in [0, 0.05) is 13.4 Å². The van der Waals surface area contributed by atoms with Crippen LogP contribution >= 0.6 is 7.12 Å². The first-order valence-electron chi connectivity index (χ1n) is 1.82. The fourth-order valence-corrected chi connectivity index (χ4v) is 0. The number of hydrogen-bond acceptors (Lipinski definition) is 2. The number of hydrogen-bond donors (Lipinski definition) is 0. The van der Waals surface area contributed by atoms with E-state index in [1.54, 1.807) is 13.3 Å². The Labute approximate surface area is 45.3 Å². The second kappa shape index (κ2) is 2.10. The maximum Gasteiger partial charge on any atom is 0.163 e. The largest absolute Gasteiger partial charge is 0.225 e. The molecular formula is C3H9O2PS. The zero-order chi connectivity index (χ0) is 6.08. The molecule has 0 atom stereocenters. The zero-order valence-electron chi connectivity index (χ0n) is 4.67. The predicted octanol–water partition coefficient (Wildman–Crippen LogP) is 0.688. The molecule has 0 N–H and O–H groups in total. The highest BCUT2D eigenvalue weighted by molar-refractivity contribution is 8.49. The van der Waals surface area contributed by atoms with Crippen molar-refractivity contribution in [3.8, 4) is 0 Å². The molecule has 0 aliphatic rings. The third-order valence-corrected chi connectivity index (χ3v) is 5.97. The molecule has 0 unspecified atom stereocenters. The monoisotopic (exact) mass is 140 g/mol. The van der Waals surface area contributed by atoms with Gasteiger partial charge in [0.25, 0.3) is 0 Å². The number of rotatable bonds is 1. The Bertz CT molecular complexity index is 135. The van der Waals surface area contributed by atoms with Crippen LogP contribution < -0.4 is 0 Å². The van der Waals surface area contributed by atoms with Crippen LogP contribution in [0.3, 0.4) is 0 Å². The van der Waals surface area contributed by atoms with Crippen molar-refractivity contribution in [2.24, 2.45) is 0 Å². The van der Waals surface area contributed by atoms with Gasteiger partial charge in [-0.1, -0.05) is 0 Å². The fraction of sp³-hybridized carbons (Fsp3) is 1.00. The molecule has 0 saturated heterocycles. The van der Waals surface area contributed by atoms with E-state index in [0.717, 1.165) is 0 Å². The Kier molecular flexibility index (Phi) is 2.21. The summed E-state index contributed by atoms with van der Waals surface area (Å²) in [5.41, 5.74) is 0. The molecule has 0 aliphatic carbocycles. The minimum absolute atomic E-state index is 0.769. The van der Waals surface area contributed by atoms with Crippen LogP contribution in [0.25, 0.3) is 0 Å². The zero-order valence-corrected chi connectivity index (χ0v) is 6.38. The van der Waals surface area contributed by atoms with E-state index in [1.165, 1.54) is 6.26 Å². The van der Waals surface area contributed by atoms with Gasteiger partial charge in [-0.2, -0.15) is 0 Å².